The lowest BCUT2D eigenvalue weighted by Crippen LogP contribution is -2.02. The van der Waals surface area contributed by atoms with E-state index in [0.717, 1.165) is 18.3 Å². The first-order valence-electron chi connectivity index (χ1n) is 3.33. The molecule has 0 bridgehead atoms. The minimum Gasteiger partial charge on any atom is -0.477 e. The number of hydrogen-bond donors (Lipinski definition) is 1. The largest absolute Gasteiger partial charge is 0.477 e. The van der Waals surface area contributed by atoms with Crippen molar-refractivity contribution in [3.8, 4) is 0 Å². The van der Waals surface area contributed by atoms with E-state index in [-0.39, 0.29) is 22.4 Å². The lowest BCUT2D eigenvalue weighted by atomic mass is 10.4. The maximum Gasteiger partial charge on any atom is 0.446 e. The first-order valence-corrected chi connectivity index (χ1v) is 4.15. The number of nitrogens with zero attached hydrogens (tertiary/aromatic N) is 1. The standard InChI is InChI=1S/C7H4F3NO2S/c8-7(9,10)14-4-1-2-5(6(12)13)11-3-4/h1-3H,(H,12,13). The summed E-state index contributed by atoms with van der Waals surface area (Å²) in [5, 5.41) is 8.42. The molecular weight excluding hydrogens is 219 g/mol. The van der Waals surface area contributed by atoms with Crippen LogP contribution in [-0.4, -0.2) is 21.6 Å². The van der Waals surface area contributed by atoms with Gasteiger partial charge in [0.2, 0.25) is 0 Å². The van der Waals surface area contributed by atoms with Crippen molar-refractivity contribution in [1.82, 2.24) is 4.98 Å². The normalized spacial score (nSPS) is 11.4. The van der Waals surface area contributed by atoms with Gasteiger partial charge in [-0.1, -0.05) is 0 Å². The molecule has 0 aliphatic heterocycles. The fourth-order valence-corrected chi connectivity index (χ4v) is 1.21. The average molecular weight is 223 g/mol. The second kappa shape index (κ2) is 3.87. The van der Waals surface area contributed by atoms with Crippen LogP contribution in [0.25, 0.3) is 0 Å². The molecule has 1 rings (SSSR count). The van der Waals surface area contributed by atoms with E-state index in [9.17, 15) is 18.0 Å². The summed E-state index contributed by atoms with van der Waals surface area (Å²) in [6.45, 7) is 0. The number of aromatic nitrogens is 1. The molecule has 0 saturated carbocycles. The van der Waals surface area contributed by atoms with Crippen LogP contribution in [0, 0.1) is 0 Å². The second-order valence-electron chi connectivity index (χ2n) is 2.23. The van der Waals surface area contributed by atoms with Gasteiger partial charge in [0.25, 0.3) is 0 Å². The first kappa shape index (κ1) is 10.8. The molecule has 0 spiro atoms. The maximum absolute atomic E-state index is 11.8. The van der Waals surface area contributed by atoms with Crippen molar-refractivity contribution in [1.29, 1.82) is 0 Å². The summed E-state index contributed by atoms with van der Waals surface area (Å²) < 4.78 is 35.5. The number of rotatable bonds is 2. The highest BCUT2D eigenvalue weighted by atomic mass is 32.2. The van der Waals surface area contributed by atoms with Crippen molar-refractivity contribution in [2.45, 2.75) is 10.4 Å². The van der Waals surface area contributed by atoms with Crippen LogP contribution in [0.5, 0.6) is 0 Å². The third-order valence-corrected chi connectivity index (χ3v) is 1.90. The van der Waals surface area contributed by atoms with E-state index in [0.29, 0.717) is 0 Å². The van der Waals surface area contributed by atoms with Gasteiger partial charge in [-0.3, -0.25) is 0 Å². The zero-order chi connectivity index (χ0) is 10.8. The molecule has 14 heavy (non-hydrogen) atoms. The molecule has 0 saturated heterocycles. The van der Waals surface area contributed by atoms with E-state index in [1.54, 1.807) is 0 Å². The molecule has 0 aliphatic rings. The molecule has 0 fully saturated rings. The molecule has 1 heterocycles. The van der Waals surface area contributed by atoms with Crippen LogP contribution in [-0.2, 0) is 0 Å². The Morgan fingerprint density at radius 3 is 2.43 bits per heavy atom. The number of alkyl halides is 3. The first-order chi connectivity index (χ1) is 6.38. The van der Waals surface area contributed by atoms with Gasteiger partial charge in [-0.25, -0.2) is 9.78 Å². The van der Waals surface area contributed by atoms with Crippen LogP contribution in [0.2, 0.25) is 0 Å². The molecule has 1 aromatic heterocycles. The fourth-order valence-electron chi connectivity index (χ4n) is 0.701. The maximum atomic E-state index is 11.8. The topological polar surface area (TPSA) is 50.2 Å². The molecule has 0 atom stereocenters. The lowest BCUT2D eigenvalue weighted by molar-refractivity contribution is -0.0328. The molecule has 0 amide bonds. The fraction of sp³-hybridized carbons (Fsp3) is 0.143. The van der Waals surface area contributed by atoms with Crippen molar-refractivity contribution >= 4 is 17.7 Å². The highest BCUT2D eigenvalue weighted by Crippen LogP contribution is 2.36. The summed E-state index contributed by atoms with van der Waals surface area (Å²) >= 11 is -0.334. The van der Waals surface area contributed by atoms with Crippen LogP contribution in [0.3, 0.4) is 0 Å². The predicted molar refractivity (Wildman–Crippen MR) is 43.1 cm³/mol. The molecule has 1 aromatic rings. The number of carboxylic acids is 1. The van der Waals surface area contributed by atoms with Gasteiger partial charge in [-0.05, 0) is 23.9 Å². The minimum atomic E-state index is -4.38. The number of hydrogen-bond acceptors (Lipinski definition) is 3. The van der Waals surface area contributed by atoms with Gasteiger partial charge in [0, 0.05) is 11.1 Å². The van der Waals surface area contributed by atoms with Gasteiger partial charge in [-0.15, -0.1) is 0 Å². The number of thioether (sulfide) groups is 1. The number of pyridine rings is 1. The molecule has 1 N–H and O–H groups in total. The van der Waals surface area contributed by atoms with E-state index < -0.39 is 11.5 Å². The Hall–Kier alpha value is -1.24. The molecule has 0 unspecified atom stereocenters. The Kier molecular flexibility index (Phi) is 3.00. The average Bonchev–Trinajstić information content (AvgIpc) is 2.02. The highest BCUT2D eigenvalue weighted by Gasteiger charge is 2.29. The Balaban J connectivity index is 2.79. The van der Waals surface area contributed by atoms with Crippen molar-refractivity contribution < 1.29 is 23.1 Å². The van der Waals surface area contributed by atoms with Crippen LogP contribution < -0.4 is 0 Å². The Morgan fingerprint density at radius 2 is 2.07 bits per heavy atom. The summed E-state index contributed by atoms with van der Waals surface area (Å²) in [7, 11) is 0. The Morgan fingerprint density at radius 1 is 1.43 bits per heavy atom. The quantitative estimate of drug-likeness (QED) is 0.782. The van der Waals surface area contributed by atoms with E-state index >= 15 is 0 Å². The minimum absolute atomic E-state index is 0.137. The van der Waals surface area contributed by atoms with Gasteiger partial charge in [0.15, 0.2) is 0 Å². The third-order valence-electron chi connectivity index (χ3n) is 1.19. The van der Waals surface area contributed by atoms with Crippen molar-refractivity contribution in [3.05, 3.63) is 24.0 Å². The third kappa shape index (κ3) is 3.25. The molecule has 0 aliphatic carbocycles. The van der Waals surface area contributed by atoms with E-state index in [1.165, 1.54) is 0 Å². The molecule has 76 valence electrons. The smallest absolute Gasteiger partial charge is 0.446 e. The molecule has 3 nitrogen and oxygen atoms in total. The number of carboxylic acid groups (broad SMARTS) is 1. The van der Waals surface area contributed by atoms with Crippen molar-refractivity contribution in [2.75, 3.05) is 0 Å². The molecular formula is C7H4F3NO2S. The molecule has 0 aromatic carbocycles. The zero-order valence-corrected chi connectivity index (χ0v) is 7.39. The van der Waals surface area contributed by atoms with Crippen LogP contribution in [0.1, 0.15) is 10.5 Å². The summed E-state index contributed by atoms with van der Waals surface area (Å²) in [4.78, 5) is 13.5. The van der Waals surface area contributed by atoms with E-state index in [2.05, 4.69) is 4.98 Å². The zero-order valence-electron chi connectivity index (χ0n) is 6.58. The SMILES string of the molecule is O=C(O)c1ccc(SC(F)(F)F)cn1. The van der Waals surface area contributed by atoms with Crippen LogP contribution in [0.15, 0.2) is 23.2 Å². The molecule has 7 heteroatoms. The van der Waals surface area contributed by atoms with Gasteiger partial charge in [0.1, 0.15) is 5.69 Å². The van der Waals surface area contributed by atoms with E-state index in [1.807, 2.05) is 0 Å². The Bertz CT molecular complexity index is 336. The predicted octanol–water partition coefficient (Wildman–Crippen LogP) is 2.39. The van der Waals surface area contributed by atoms with Gasteiger partial charge < -0.3 is 5.11 Å². The van der Waals surface area contributed by atoms with Gasteiger partial charge >= 0.3 is 11.5 Å². The van der Waals surface area contributed by atoms with Gasteiger partial charge in [0.05, 0.1) is 0 Å². The molecule has 0 radical (unpaired) electrons. The number of carbonyl (C=O) groups is 1. The lowest BCUT2D eigenvalue weighted by Gasteiger charge is -2.04. The van der Waals surface area contributed by atoms with Crippen molar-refractivity contribution in [3.63, 3.8) is 0 Å². The van der Waals surface area contributed by atoms with Gasteiger partial charge in [-0.2, -0.15) is 13.2 Å². The second-order valence-corrected chi connectivity index (χ2v) is 3.37. The van der Waals surface area contributed by atoms with Crippen LogP contribution >= 0.6 is 11.8 Å². The number of halogens is 3. The van der Waals surface area contributed by atoms with Crippen molar-refractivity contribution in [2.24, 2.45) is 0 Å². The summed E-state index contributed by atoms with van der Waals surface area (Å²) in [5.41, 5.74) is -4.66. The summed E-state index contributed by atoms with van der Waals surface area (Å²) in [6.07, 6.45) is 0.877. The summed E-state index contributed by atoms with van der Waals surface area (Å²) in [6, 6.07) is 2.09. The van der Waals surface area contributed by atoms with E-state index in [4.69, 9.17) is 5.11 Å². The highest BCUT2D eigenvalue weighted by molar-refractivity contribution is 8.00. The van der Waals surface area contributed by atoms with Crippen LogP contribution in [0.4, 0.5) is 13.2 Å². The Labute approximate surface area is 81.0 Å². The summed E-state index contributed by atoms with van der Waals surface area (Å²) in [5.74, 6) is -1.27. The number of aromatic carboxylic acids is 1. The monoisotopic (exact) mass is 223 g/mol.